The van der Waals surface area contributed by atoms with Crippen molar-refractivity contribution in [1.82, 2.24) is 0 Å². The van der Waals surface area contributed by atoms with Gasteiger partial charge in [0.2, 0.25) is 0 Å². The molecule has 0 amide bonds. The zero-order chi connectivity index (χ0) is 13.2. The summed E-state index contributed by atoms with van der Waals surface area (Å²) in [6.45, 7) is 0. The summed E-state index contributed by atoms with van der Waals surface area (Å²) in [6, 6.07) is 15.6. The second-order valence-corrected chi connectivity index (χ2v) is 4.79. The number of rotatable bonds is 3. The summed E-state index contributed by atoms with van der Waals surface area (Å²) in [5.41, 5.74) is 3.65. The first kappa shape index (κ1) is 11.8. The lowest BCUT2D eigenvalue weighted by atomic mass is 10.1. The van der Waals surface area contributed by atoms with Crippen molar-refractivity contribution in [2.45, 2.75) is 18.9 Å². The Bertz CT molecular complexity index is 622. The fourth-order valence-corrected chi connectivity index (χ4v) is 2.69. The average molecular weight is 253 g/mol. The summed E-state index contributed by atoms with van der Waals surface area (Å²) in [4.78, 5) is 11.2. The molecule has 2 N–H and O–H groups in total. The number of carboxylic acids is 1. The monoisotopic (exact) mass is 253 g/mol. The van der Waals surface area contributed by atoms with Crippen LogP contribution in [0.5, 0.6) is 0 Å². The molecule has 0 heterocycles. The average Bonchev–Trinajstić information content (AvgIpc) is 2.83. The molecule has 0 fully saturated rings. The van der Waals surface area contributed by atoms with Crippen LogP contribution in [0.1, 0.15) is 33.9 Å². The van der Waals surface area contributed by atoms with E-state index in [1.807, 2.05) is 24.3 Å². The minimum Gasteiger partial charge on any atom is -0.478 e. The molecule has 0 saturated heterocycles. The Kier molecular flexibility index (Phi) is 2.95. The molecule has 3 rings (SSSR count). The van der Waals surface area contributed by atoms with Crippen LogP contribution in [-0.2, 0) is 6.42 Å². The number of fused-ring (bicyclic) bond motifs is 1. The second-order valence-electron chi connectivity index (χ2n) is 4.79. The van der Waals surface area contributed by atoms with Crippen LogP contribution in [0.25, 0.3) is 0 Å². The Morgan fingerprint density at radius 2 is 1.84 bits per heavy atom. The third kappa shape index (κ3) is 2.19. The number of carbonyl (C=O) groups is 1. The standard InChI is InChI=1S/C16H15NO2/c18-16(19)13-7-3-4-8-14(13)17-15-10-9-11-5-1-2-6-12(11)15/h1-8,15,17H,9-10H2,(H,18,19). The SMILES string of the molecule is O=C(O)c1ccccc1NC1CCc2ccccc21. The Labute approximate surface area is 111 Å². The van der Waals surface area contributed by atoms with Gasteiger partial charge < -0.3 is 10.4 Å². The predicted molar refractivity (Wildman–Crippen MR) is 74.5 cm³/mol. The molecule has 2 aromatic rings. The summed E-state index contributed by atoms with van der Waals surface area (Å²) in [6.07, 6.45) is 2.05. The molecular weight excluding hydrogens is 238 g/mol. The molecule has 0 aromatic heterocycles. The van der Waals surface area contributed by atoms with Crippen molar-refractivity contribution < 1.29 is 9.90 Å². The fourth-order valence-electron chi connectivity index (χ4n) is 2.69. The maximum Gasteiger partial charge on any atom is 0.337 e. The van der Waals surface area contributed by atoms with Crippen molar-refractivity contribution in [3.63, 3.8) is 0 Å². The number of anilines is 1. The van der Waals surface area contributed by atoms with Gasteiger partial charge in [0.05, 0.1) is 11.6 Å². The Morgan fingerprint density at radius 1 is 1.11 bits per heavy atom. The highest BCUT2D eigenvalue weighted by molar-refractivity contribution is 5.94. The number of aryl methyl sites for hydroxylation is 1. The van der Waals surface area contributed by atoms with E-state index in [2.05, 4.69) is 17.4 Å². The van der Waals surface area contributed by atoms with Crippen molar-refractivity contribution >= 4 is 11.7 Å². The van der Waals surface area contributed by atoms with Crippen LogP contribution in [0.3, 0.4) is 0 Å². The van der Waals surface area contributed by atoms with Crippen molar-refractivity contribution in [2.24, 2.45) is 0 Å². The smallest absolute Gasteiger partial charge is 0.337 e. The van der Waals surface area contributed by atoms with E-state index in [9.17, 15) is 9.90 Å². The highest BCUT2D eigenvalue weighted by atomic mass is 16.4. The third-order valence-electron chi connectivity index (χ3n) is 3.62. The van der Waals surface area contributed by atoms with E-state index >= 15 is 0 Å². The molecule has 0 bridgehead atoms. The van der Waals surface area contributed by atoms with Gasteiger partial charge in [-0.3, -0.25) is 0 Å². The molecule has 3 nitrogen and oxygen atoms in total. The molecule has 19 heavy (non-hydrogen) atoms. The Hall–Kier alpha value is -2.29. The first-order valence-corrected chi connectivity index (χ1v) is 6.42. The Balaban J connectivity index is 1.90. The van der Waals surface area contributed by atoms with E-state index < -0.39 is 5.97 Å². The quantitative estimate of drug-likeness (QED) is 0.880. The van der Waals surface area contributed by atoms with Gasteiger partial charge in [-0.1, -0.05) is 36.4 Å². The van der Waals surface area contributed by atoms with Crippen LogP contribution in [-0.4, -0.2) is 11.1 Å². The van der Waals surface area contributed by atoms with Gasteiger partial charge >= 0.3 is 5.97 Å². The van der Waals surface area contributed by atoms with Gasteiger partial charge in [0.15, 0.2) is 0 Å². The van der Waals surface area contributed by atoms with Gasteiger partial charge in [-0.25, -0.2) is 4.79 Å². The summed E-state index contributed by atoms with van der Waals surface area (Å²) in [5, 5.41) is 12.6. The second kappa shape index (κ2) is 4.76. The first-order valence-electron chi connectivity index (χ1n) is 6.42. The number of carboxylic acid groups (broad SMARTS) is 1. The summed E-state index contributed by atoms with van der Waals surface area (Å²) >= 11 is 0. The van der Waals surface area contributed by atoms with Crippen LogP contribution in [0.15, 0.2) is 48.5 Å². The molecule has 0 spiro atoms. The number of aromatic carboxylic acids is 1. The maximum absolute atomic E-state index is 11.2. The molecular formula is C16H15NO2. The molecule has 0 radical (unpaired) electrons. The maximum atomic E-state index is 11.2. The lowest BCUT2D eigenvalue weighted by molar-refractivity contribution is 0.0698. The number of nitrogens with one attached hydrogen (secondary N) is 1. The van der Waals surface area contributed by atoms with Gasteiger partial charge in [0, 0.05) is 5.69 Å². The van der Waals surface area contributed by atoms with Crippen LogP contribution in [0.4, 0.5) is 5.69 Å². The molecule has 3 heteroatoms. The molecule has 1 aliphatic carbocycles. The van der Waals surface area contributed by atoms with E-state index in [4.69, 9.17) is 0 Å². The van der Waals surface area contributed by atoms with Crippen molar-refractivity contribution in [3.05, 3.63) is 65.2 Å². The zero-order valence-electron chi connectivity index (χ0n) is 10.5. The molecule has 1 unspecified atom stereocenters. The number of benzene rings is 2. The van der Waals surface area contributed by atoms with Crippen LogP contribution in [0.2, 0.25) is 0 Å². The highest BCUT2D eigenvalue weighted by Gasteiger charge is 2.22. The van der Waals surface area contributed by atoms with Gasteiger partial charge in [-0.15, -0.1) is 0 Å². The van der Waals surface area contributed by atoms with Gasteiger partial charge in [0.1, 0.15) is 0 Å². The predicted octanol–water partition coefficient (Wildman–Crippen LogP) is 3.48. The van der Waals surface area contributed by atoms with Gasteiger partial charge in [-0.05, 0) is 36.1 Å². The van der Waals surface area contributed by atoms with Crippen molar-refractivity contribution in [2.75, 3.05) is 5.32 Å². The normalized spacial score (nSPS) is 16.9. The van der Waals surface area contributed by atoms with Crippen LogP contribution >= 0.6 is 0 Å². The fraction of sp³-hybridized carbons (Fsp3) is 0.188. The summed E-state index contributed by atoms with van der Waals surface area (Å²) in [7, 11) is 0. The molecule has 96 valence electrons. The topological polar surface area (TPSA) is 49.3 Å². The molecule has 1 atom stereocenters. The van der Waals surface area contributed by atoms with E-state index in [1.54, 1.807) is 12.1 Å². The minimum absolute atomic E-state index is 0.205. The molecule has 1 aliphatic rings. The zero-order valence-corrected chi connectivity index (χ0v) is 10.5. The molecule has 0 saturated carbocycles. The van der Waals surface area contributed by atoms with Gasteiger partial charge in [0.25, 0.3) is 0 Å². The molecule has 2 aromatic carbocycles. The number of hydrogen-bond donors (Lipinski definition) is 2. The minimum atomic E-state index is -0.894. The summed E-state index contributed by atoms with van der Waals surface area (Å²) in [5.74, 6) is -0.894. The third-order valence-corrected chi connectivity index (χ3v) is 3.62. The summed E-state index contributed by atoms with van der Waals surface area (Å²) < 4.78 is 0. The largest absolute Gasteiger partial charge is 0.478 e. The van der Waals surface area contributed by atoms with Gasteiger partial charge in [-0.2, -0.15) is 0 Å². The van der Waals surface area contributed by atoms with Crippen LogP contribution < -0.4 is 5.32 Å². The lowest BCUT2D eigenvalue weighted by Gasteiger charge is -2.17. The van der Waals surface area contributed by atoms with Crippen molar-refractivity contribution in [3.8, 4) is 0 Å². The van der Waals surface area contributed by atoms with Crippen LogP contribution in [0, 0.1) is 0 Å². The number of para-hydroxylation sites is 1. The van der Waals surface area contributed by atoms with E-state index in [0.29, 0.717) is 11.3 Å². The van der Waals surface area contributed by atoms with Crippen molar-refractivity contribution in [1.29, 1.82) is 0 Å². The highest BCUT2D eigenvalue weighted by Crippen LogP contribution is 2.34. The Morgan fingerprint density at radius 3 is 2.68 bits per heavy atom. The number of hydrogen-bond acceptors (Lipinski definition) is 2. The van der Waals surface area contributed by atoms with E-state index in [-0.39, 0.29) is 6.04 Å². The van der Waals surface area contributed by atoms with E-state index in [1.165, 1.54) is 11.1 Å². The van der Waals surface area contributed by atoms with E-state index in [0.717, 1.165) is 12.8 Å². The molecule has 0 aliphatic heterocycles. The lowest BCUT2D eigenvalue weighted by Crippen LogP contribution is -2.10. The first-order chi connectivity index (χ1) is 9.25.